The van der Waals surface area contributed by atoms with Crippen LogP contribution in [0.3, 0.4) is 0 Å². The molecule has 1 fully saturated rings. The van der Waals surface area contributed by atoms with Gasteiger partial charge in [-0.1, -0.05) is 30.3 Å². The number of phosphoric acid groups is 2. The smallest absolute Gasteiger partial charge is 0.388 e. The number of carbonyl (C=O) groups is 1. The average Bonchev–Trinajstić information content (AvgIpc) is 3.79. The van der Waals surface area contributed by atoms with Gasteiger partial charge in [0.2, 0.25) is 5.91 Å². The molecule has 2 aliphatic heterocycles. The Balaban J connectivity index is 0.996. The number of aliphatic hydroxyl groups is 5. The molecule has 25 nitrogen and oxygen atoms in total. The molecular weight excluding hydrogens is 876 g/mol. The molecule has 0 radical (unpaired) electrons. The fraction of sp³-hybridized carbons (Fsp3) is 0.389. The first kappa shape index (κ1) is 45.8. The molecule has 0 aliphatic carbocycles. The van der Waals surface area contributed by atoms with Gasteiger partial charge >= 0.3 is 21.3 Å². The van der Waals surface area contributed by atoms with Gasteiger partial charge in [0.05, 0.1) is 37.5 Å². The quantitative estimate of drug-likeness (QED) is 0.0573. The average molecular weight is 920 g/mol. The monoisotopic (exact) mass is 919 g/mol. The Morgan fingerprint density at radius 2 is 1.62 bits per heavy atom. The number of phosphoric ester groups is 2. The van der Waals surface area contributed by atoms with E-state index in [1.807, 2.05) is 30.3 Å². The van der Waals surface area contributed by atoms with E-state index in [0.29, 0.717) is 12.0 Å². The number of hydrogen-bond acceptors (Lipinski definition) is 19. The van der Waals surface area contributed by atoms with Crippen LogP contribution in [0.4, 0.5) is 28.7 Å². The molecule has 11 N–H and O–H groups in total. The minimum atomic E-state index is -5.60. The number of nitrogen functional groups attached to an aromatic ring is 1. The fourth-order valence-corrected chi connectivity index (χ4v) is 9.16. The van der Waals surface area contributed by atoms with Crippen LogP contribution in [0.15, 0.2) is 64.7 Å². The van der Waals surface area contributed by atoms with Crippen molar-refractivity contribution in [3.63, 3.8) is 0 Å². The number of ether oxygens (including phenoxy) is 1. The summed E-state index contributed by atoms with van der Waals surface area (Å²) in [6.45, 7) is 0.629. The maximum atomic E-state index is 13.9. The molecule has 338 valence electrons. The molecule has 27 heteroatoms. The van der Waals surface area contributed by atoms with Gasteiger partial charge in [0, 0.05) is 6.42 Å². The number of carbonyl (C=O) groups excluding carboxylic acids is 1. The van der Waals surface area contributed by atoms with Gasteiger partial charge < -0.3 is 50.7 Å². The van der Waals surface area contributed by atoms with Crippen LogP contribution in [0.2, 0.25) is 0 Å². The molecular formula is C36H43N9O16P2. The number of nitrogens with two attached hydrogens (primary N) is 1. The van der Waals surface area contributed by atoms with Crippen LogP contribution in [-0.2, 0) is 38.4 Å². The van der Waals surface area contributed by atoms with E-state index in [1.165, 1.54) is 15.8 Å². The van der Waals surface area contributed by atoms with Gasteiger partial charge in [0.1, 0.15) is 54.3 Å². The Hall–Kier alpha value is -5.24. The second-order valence-electron chi connectivity index (χ2n) is 14.7. The largest absolute Gasteiger partial charge is 0.481 e. The molecule has 1 amide bonds. The number of rotatable bonds is 16. The summed E-state index contributed by atoms with van der Waals surface area (Å²) in [6, 6.07) is 12.4. The zero-order valence-corrected chi connectivity index (χ0v) is 35.0. The Bertz CT molecular complexity index is 2720. The molecule has 9 atom stereocenters. The zero-order chi connectivity index (χ0) is 45.5. The summed E-state index contributed by atoms with van der Waals surface area (Å²) < 4.78 is 45.9. The number of aryl methyl sites for hydroxylation is 3. The first-order valence-electron chi connectivity index (χ1n) is 19.0. The van der Waals surface area contributed by atoms with E-state index in [9.17, 15) is 58.8 Å². The second-order valence-corrected chi connectivity index (χ2v) is 17.8. The molecule has 1 saturated heterocycles. The van der Waals surface area contributed by atoms with E-state index in [-0.39, 0.29) is 46.3 Å². The van der Waals surface area contributed by atoms with Gasteiger partial charge in [-0.2, -0.15) is 4.31 Å². The number of anilines is 5. The van der Waals surface area contributed by atoms with Gasteiger partial charge in [-0.05, 0) is 49.1 Å². The van der Waals surface area contributed by atoms with Crippen molar-refractivity contribution in [1.29, 1.82) is 0 Å². The number of β-amino-alcohol motifs (C(OH)–C–C–N with tert-alkyl or cyclic N) is 1. The van der Waals surface area contributed by atoms with Crippen LogP contribution in [0.1, 0.15) is 29.3 Å². The molecule has 7 rings (SSSR count). The van der Waals surface area contributed by atoms with Gasteiger partial charge in [0.15, 0.2) is 23.4 Å². The highest BCUT2D eigenvalue weighted by Crippen LogP contribution is 2.60. The maximum Gasteiger partial charge on any atom is 0.481 e. The molecule has 63 heavy (non-hydrogen) atoms. The lowest BCUT2D eigenvalue weighted by atomic mass is 10.0. The molecule has 0 bridgehead atoms. The van der Waals surface area contributed by atoms with E-state index in [1.54, 1.807) is 26.0 Å². The van der Waals surface area contributed by atoms with Crippen LogP contribution in [0.25, 0.3) is 11.2 Å². The van der Waals surface area contributed by atoms with E-state index >= 15 is 0 Å². The Kier molecular flexibility index (Phi) is 13.1. The summed E-state index contributed by atoms with van der Waals surface area (Å²) in [7, 11) is -11.1. The molecule has 2 aromatic carbocycles. The highest BCUT2D eigenvalue weighted by atomic mass is 31.3. The lowest BCUT2D eigenvalue weighted by Crippen LogP contribution is -2.48. The van der Waals surface area contributed by atoms with Crippen LogP contribution >= 0.6 is 15.6 Å². The van der Waals surface area contributed by atoms with Gasteiger partial charge in [-0.15, -0.1) is 0 Å². The Labute approximate surface area is 355 Å². The van der Waals surface area contributed by atoms with Crippen molar-refractivity contribution in [1.82, 2.24) is 29.5 Å². The zero-order valence-electron chi connectivity index (χ0n) is 33.2. The van der Waals surface area contributed by atoms with Crippen LogP contribution < -0.4 is 26.8 Å². The number of H-pyrrole nitrogens is 2. The number of aromatic amines is 2. The highest BCUT2D eigenvalue weighted by molar-refractivity contribution is 7.61. The predicted molar refractivity (Wildman–Crippen MR) is 219 cm³/mol. The molecule has 5 aromatic rings. The van der Waals surface area contributed by atoms with Crippen molar-refractivity contribution in [2.24, 2.45) is 0 Å². The van der Waals surface area contributed by atoms with Crippen molar-refractivity contribution in [3.05, 3.63) is 92.6 Å². The summed E-state index contributed by atoms with van der Waals surface area (Å²) in [4.78, 5) is 79.3. The number of aromatic nitrogens is 6. The van der Waals surface area contributed by atoms with Crippen molar-refractivity contribution in [2.45, 2.75) is 69.5 Å². The number of fused-ring (bicyclic) bond motifs is 3. The van der Waals surface area contributed by atoms with Crippen LogP contribution in [0, 0.1) is 13.8 Å². The van der Waals surface area contributed by atoms with E-state index in [2.05, 4.69) is 33.8 Å². The summed E-state index contributed by atoms with van der Waals surface area (Å²) in [5.41, 5.74) is 6.60. The molecule has 0 spiro atoms. The number of amides is 1. The molecule has 5 heterocycles. The SMILES string of the molecule is Cc1cc2c(cc1C)N(C(=O)CCc1ccccc1)c1c([nH]c(=O)[nH]c1=O)N2C[C@H](O)[C@H](O)[C@H](O)COP(=O)(O)OP(=O)(O)OC[C@H]1O[C@@H](n2cnc3c(N)ncnc32)[C@H](O)[C@@H]1O. The third-order valence-corrected chi connectivity index (χ3v) is 13.0. The summed E-state index contributed by atoms with van der Waals surface area (Å²) in [5.74, 6) is -0.706. The third kappa shape index (κ3) is 9.66. The van der Waals surface area contributed by atoms with Crippen LogP contribution in [0.5, 0.6) is 0 Å². The summed E-state index contributed by atoms with van der Waals surface area (Å²) >= 11 is 0. The predicted octanol–water partition coefficient (Wildman–Crippen LogP) is -0.196. The normalized spacial score (nSPS) is 21.9. The van der Waals surface area contributed by atoms with Crippen molar-refractivity contribution in [2.75, 3.05) is 35.3 Å². The van der Waals surface area contributed by atoms with Crippen molar-refractivity contribution < 1.29 is 67.3 Å². The highest BCUT2D eigenvalue weighted by Gasteiger charge is 2.47. The second kappa shape index (κ2) is 18.1. The standard InChI is InChI=1S/C36H43N9O16P2/c1-17-10-20-21(11-18(17)2)45(25(48)9-8-19-6-4-3-5-7-19)27-33(41-36(53)42-34(27)52)43(20)12-22(46)28(49)23(47)13-58-62(54,55)61-63(56,57)59-14-24-29(50)30(51)35(60-24)44-16-40-26-31(37)38-15-39-32(26)44/h3-7,10-11,15-16,22-24,28-30,35,46-47,49-51H,8-9,12-14H2,1-2H3,(H,54,55)(H,56,57)(H2,37,38,39)(H2,41,42,52,53)/t22-,23+,24+,28-,29+,30+,35+/m0/s1. The third-order valence-electron chi connectivity index (χ3n) is 10.4. The first-order chi connectivity index (χ1) is 29.7. The van der Waals surface area contributed by atoms with Gasteiger partial charge in [-0.25, -0.2) is 28.9 Å². The molecule has 2 aliphatic rings. The summed E-state index contributed by atoms with van der Waals surface area (Å²) in [5, 5.41) is 54.1. The number of imidazole rings is 1. The van der Waals surface area contributed by atoms with E-state index in [4.69, 9.17) is 15.0 Å². The van der Waals surface area contributed by atoms with Crippen molar-refractivity contribution >= 4 is 61.4 Å². The lowest BCUT2D eigenvalue weighted by molar-refractivity contribution is -0.117. The number of benzene rings is 2. The molecule has 0 saturated carbocycles. The topological polar surface area (TPSA) is 372 Å². The van der Waals surface area contributed by atoms with Crippen LogP contribution in [-0.4, -0.2) is 127 Å². The van der Waals surface area contributed by atoms with E-state index in [0.717, 1.165) is 22.4 Å². The number of nitrogens with zero attached hydrogens (tertiary/aromatic N) is 6. The fourth-order valence-electron chi connectivity index (χ4n) is 7.07. The van der Waals surface area contributed by atoms with Gasteiger partial charge in [0.25, 0.3) is 5.56 Å². The lowest BCUT2D eigenvalue weighted by Gasteiger charge is -2.39. The number of aliphatic hydroxyl groups excluding tert-OH is 5. The minimum Gasteiger partial charge on any atom is -0.388 e. The number of nitrogens with one attached hydrogen (secondary N) is 2. The summed E-state index contributed by atoms with van der Waals surface area (Å²) in [6.07, 6.45) is -9.94. The van der Waals surface area contributed by atoms with E-state index < -0.39 is 95.4 Å². The maximum absolute atomic E-state index is 13.9. The Morgan fingerprint density at radius 3 is 2.33 bits per heavy atom. The number of hydrogen-bond donors (Lipinski definition) is 10. The molecule has 3 aromatic heterocycles. The van der Waals surface area contributed by atoms with Gasteiger partial charge in [-0.3, -0.25) is 38.1 Å². The van der Waals surface area contributed by atoms with Crippen molar-refractivity contribution in [3.8, 4) is 0 Å². The first-order valence-corrected chi connectivity index (χ1v) is 22.0. The molecule has 2 unspecified atom stereocenters. The Morgan fingerprint density at radius 1 is 0.937 bits per heavy atom. The minimum absolute atomic E-state index is 0.0217.